The first-order valence-corrected chi connectivity index (χ1v) is 6.50. The highest BCUT2D eigenvalue weighted by atomic mass is 16.6. The fourth-order valence-corrected chi connectivity index (χ4v) is 1.97. The summed E-state index contributed by atoms with van der Waals surface area (Å²) in [7, 11) is 1.63. The van der Waals surface area contributed by atoms with E-state index in [1.54, 1.807) is 13.2 Å². The summed E-state index contributed by atoms with van der Waals surface area (Å²) < 4.78 is 5.08. The first kappa shape index (κ1) is 15.4. The van der Waals surface area contributed by atoms with Gasteiger partial charge in [-0.2, -0.15) is 5.26 Å². The van der Waals surface area contributed by atoms with E-state index in [0.29, 0.717) is 19.0 Å². The Bertz CT molecular complexity index is 725. The molecular weight excluding hydrogens is 284 g/mol. The lowest BCUT2D eigenvalue weighted by Crippen LogP contribution is -2.04. The van der Waals surface area contributed by atoms with Gasteiger partial charge in [0.1, 0.15) is 11.9 Å². The number of ether oxygens (including phenoxy) is 1. The van der Waals surface area contributed by atoms with Gasteiger partial charge in [-0.3, -0.25) is 10.1 Å². The highest BCUT2D eigenvalue weighted by Crippen LogP contribution is 2.18. The van der Waals surface area contributed by atoms with Crippen LogP contribution in [0, 0.1) is 21.4 Å². The number of anilines is 1. The average Bonchev–Trinajstić information content (AvgIpc) is 2.53. The molecule has 2 aromatic rings. The van der Waals surface area contributed by atoms with Gasteiger partial charge < -0.3 is 10.1 Å². The molecule has 0 saturated heterocycles. The second-order valence-corrected chi connectivity index (χ2v) is 4.54. The molecule has 1 aromatic heterocycles. The van der Waals surface area contributed by atoms with E-state index < -0.39 is 4.92 Å². The van der Waals surface area contributed by atoms with E-state index in [4.69, 9.17) is 10.00 Å². The lowest BCUT2D eigenvalue weighted by Gasteiger charge is -2.07. The number of methoxy groups -OCH3 is 1. The topological polar surface area (TPSA) is 101 Å². The lowest BCUT2D eigenvalue weighted by molar-refractivity contribution is -0.385. The zero-order valence-corrected chi connectivity index (χ0v) is 11.9. The van der Waals surface area contributed by atoms with Gasteiger partial charge in [-0.1, -0.05) is 24.3 Å². The summed E-state index contributed by atoms with van der Waals surface area (Å²) in [6, 6.07) is 12.3. The Morgan fingerprint density at radius 1 is 1.36 bits per heavy atom. The Labute approximate surface area is 127 Å². The summed E-state index contributed by atoms with van der Waals surface area (Å²) in [4.78, 5) is 14.1. The highest BCUT2D eigenvalue weighted by Gasteiger charge is 2.15. The summed E-state index contributed by atoms with van der Waals surface area (Å²) in [6.45, 7) is 1.02. The molecule has 0 fully saturated rings. The minimum atomic E-state index is -0.621. The molecule has 0 bridgehead atoms. The van der Waals surface area contributed by atoms with Gasteiger partial charge in [-0.05, 0) is 17.2 Å². The van der Waals surface area contributed by atoms with Gasteiger partial charge in [0, 0.05) is 19.7 Å². The zero-order chi connectivity index (χ0) is 15.9. The van der Waals surface area contributed by atoms with Crippen molar-refractivity contribution in [2.45, 2.75) is 13.2 Å². The van der Waals surface area contributed by atoms with Gasteiger partial charge in [0.05, 0.1) is 11.5 Å². The predicted molar refractivity (Wildman–Crippen MR) is 80.1 cm³/mol. The molecule has 0 atom stereocenters. The van der Waals surface area contributed by atoms with Crippen LogP contribution in [0.1, 0.15) is 16.8 Å². The van der Waals surface area contributed by atoms with Crippen LogP contribution in [0.25, 0.3) is 0 Å². The number of nitro groups is 1. The molecule has 22 heavy (non-hydrogen) atoms. The van der Waals surface area contributed by atoms with Crippen LogP contribution in [-0.4, -0.2) is 17.0 Å². The van der Waals surface area contributed by atoms with Crippen LogP contribution in [0.2, 0.25) is 0 Å². The quantitative estimate of drug-likeness (QED) is 0.649. The van der Waals surface area contributed by atoms with E-state index in [2.05, 4.69) is 10.3 Å². The summed E-state index contributed by atoms with van der Waals surface area (Å²) in [5, 5.41) is 22.7. The normalized spacial score (nSPS) is 10.0. The molecule has 1 heterocycles. The fourth-order valence-electron chi connectivity index (χ4n) is 1.97. The van der Waals surface area contributed by atoms with Crippen LogP contribution in [0.4, 0.5) is 11.5 Å². The maximum Gasteiger partial charge on any atom is 0.305 e. The number of nitrogens with zero attached hydrogens (tertiary/aromatic N) is 3. The summed E-state index contributed by atoms with van der Waals surface area (Å²) in [6.07, 6.45) is 0. The third-order valence-electron chi connectivity index (χ3n) is 2.95. The minimum absolute atomic E-state index is 0.205. The van der Waals surface area contributed by atoms with Gasteiger partial charge in [-0.25, -0.2) is 4.98 Å². The molecule has 0 aliphatic heterocycles. The molecule has 1 aromatic carbocycles. The van der Waals surface area contributed by atoms with Crippen LogP contribution in [0.5, 0.6) is 0 Å². The van der Waals surface area contributed by atoms with Gasteiger partial charge in [0.15, 0.2) is 0 Å². The fraction of sp³-hybridized carbons (Fsp3) is 0.200. The van der Waals surface area contributed by atoms with Gasteiger partial charge in [0.25, 0.3) is 0 Å². The Balaban J connectivity index is 2.10. The molecule has 1 N–H and O–H groups in total. The largest absolute Gasteiger partial charge is 0.380 e. The van der Waals surface area contributed by atoms with E-state index in [9.17, 15) is 10.1 Å². The smallest absolute Gasteiger partial charge is 0.305 e. The summed E-state index contributed by atoms with van der Waals surface area (Å²) in [5.41, 5.74) is 1.57. The van der Waals surface area contributed by atoms with E-state index in [-0.39, 0.29) is 11.4 Å². The van der Waals surface area contributed by atoms with Crippen molar-refractivity contribution in [1.82, 2.24) is 4.98 Å². The van der Waals surface area contributed by atoms with E-state index >= 15 is 0 Å². The minimum Gasteiger partial charge on any atom is -0.380 e. The molecule has 0 aliphatic carbocycles. The third kappa shape index (κ3) is 3.77. The molecule has 7 nitrogen and oxygen atoms in total. The zero-order valence-electron chi connectivity index (χ0n) is 11.9. The number of aromatic nitrogens is 1. The molecule has 0 saturated carbocycles. The van der Waals surface area contributed by atoms with Crippen molar-refractivity contribution >= 4 is 11.5 Å². The number of pyridine rings is 1. The average molecular weight is 298 g/mol. The van der Waals surface area contributed by atoms with Crippen molar-refractivity contribution in [1.29, 1.82) is 5.26 Å². The number of rotatable bonds is 6. The molecule has 2 rings (SSSR count). The van der Waals surface area contributed by atoms with Crippen molar-refractivity contribution in [2.75, 3.05) is 12.4 Å². The highest BCUT2D eigenvalue weighted by molar-refractivity contribution is 5.50. The molecule has 0 aliphatic rings. The van der Waals surface area contributed by atoms with E-state index in [1.165, 1.54) is 12.1 Å². The predicted octanol–water partition coefficient (Wildman–Crippen LogP) is 2.62. The molecule has 0 amide bonds. The summed E-state index contributed by atoms with van der Waals surface area (Å²) in [5.74, 6) is 0.416. The van der Waals surface area contributed by atoms with Gasteiger partial charge in [-0.15, -0.1) is 0 Å². The third-order valence-corrected chi connectivity index (χ3v) is 2.95. The molecule has 0 radical (unpaired) electrons. The van der Waals surface area contributed by atoms with Crippen LogP contribution >= 0.6 is 0 Å². The van der Waals surface area contributed by atoms with Crippen molar-refractivity contribution in [3.05, 3.63) is 63.3 Å². The van der Waals surface area contributed by atoms with Crippen LogP contribution in [0.15, 0.2) is 36.4 Å². The Kier molecular flexibility index (Phi) is 5.01. The second-order valence-electron chi connectivity index (χ2n) is 4.54. The Morgan fingerprint density at radius 3 is 2.82 bits per heavy atom. The van der Waals surface area contributed by atoms with E-state index in [1.807, 2.05) is 24.3 Å². The van der Waals surface area contributed by atoms with Crippen molar-refractivity contribution in [3.8, 4) is 6.07 Å². The van der Waals surface area contributed by atoms with Crippen LogP contribution < -0.4 is 5.32 Å². The molecule has 0 spiro atoms. The standard InChI is InChI=1S/C15H14N4O3/c1-22-10-12-4-2-3-11(7-12)9-17-15-6-5-14(19(20)21)13(8-16)18-15/h2-7H,9-10H2,1H3,(H,17,18). The Morgan fingerprint density at radius 2 is 2.14 bits per heavy atom. The van der Waals surface area contributed by atoms with Crippen molar-refractivity contribution in [3.63, 3.8) is 0 Å². The molecular formula is C15H14N4O3. The Hall–Kier alpha value is -2.98. The maximum absolute atomic E-state index is 10.8. The number of hydrogen-bond donors (Lipinski definition) is 1. The lowest BCUT2D eigenvalue weighted by atomic mass is 10.1. The second kappa shape index (κ2) is 7.15. The van der Waals surface area contributed by atoms with Crippen LogP contribution in [0.3, 0.4) is 0 Å². The maximum atomic E-state index is 10.8. The van der Waals surface area contributed by atoms with Crippen molar-refractivity contribution < 1.29 is 9.66 Å². The molecule has 0 unspecified atom stereocenters. The molecule has 112 valence electrons. The van der Waals surface area contributed by atoms with Gasteiger partial charge >= 0.3 is 5.69 Å². The monoisotopic (exact) mass is 298 g/mol. The van der Waals surface area contributed by atoms with Crippen LogP contribution in [-0.2, 0) is 17.9 Å². The number of hydrogen-bond acceptors (Lipinski definition) is 6. The van der Waals surface area contributed by atoms with Gasteiger partial charge in [0.2, 0.25) is 5.69 Å². The number of nitriles is 1. The first-order chi connectivity index (χ1) is 10.6. The first-order valence-electron chi connectivity index (χ1n) is 6.50. The molecule has 7 heteroatoms. The number of benzene rings is 1. The van der Waals surface area contributed by atoms with Crippen molar-refractivity contribution in [2.24, 2.45) is 0 Å². The van der Waals surface area contributed by atoms with E-state index in [0.717, 1.165) is 11.1 Å². The SMILES string of the molecule is COCc1cccc(CNc2ccc([N+](=O)[O-])c(C#N)n2)c1. The number of nitrogens with one attached hydrogen (secondary N) is 1. The summed E-state index contributed by atoms with van der Waals surface area (Å²) >= 11 is 0.